The molecule has 1 nitrogen and oxygen atoms in total. The van der Waals surface area contributed by atoms with Gasteiger partial charge in [-0.3, -0.25) is 0 Å². The van der Waals surface area contributed by atoms with Gasteiger partial charge < -0.3 is 5.11 Å². The van der Waals surface area contributed by atoms with Crippen LogP contribution < -0.4 is 0 Å². The quantitative estimate of drug-likeness (QED) is 0.745. The predicted octanol–water partition coefficient (Wildman–Crippen LogP) is 2.54. The van der Waals surface area contributed by atoms with E-state index in [9.17, 15) is 4.39 Å². The molecule has 72 valence electrons. The number of hydrogen-bond acceptors (Lipinski definition) is 1. The lowest BCUT2D eigenvalue weighted by atomic mass is 9.97. The number of rotatable bonds is 2. The van der Waals surface area contributed by atoms with Gasteiger partial charge >= 0.3 is 0 Å². The van der Waals surface area contributed by atoms with Crippen molar-refractivity contribution in [3.63, 3.8) is 0 Å². The summed E-state index contributed by atoms with van der Waals surface area (Å²) in [5.41, 5.74) is 2.62. The standard InChI is InChI=1S/C11H15FO/c1-7-4-10(9(3)6-13)11(12)5-8(7)2/h4-5,9,13H,6H2,1-3H3. The van der Waals surface area contributed by atoms with Crippen molar-refractivity contribution < 1.29 is 9.50 Å². The molecule has 0 aliphatic heterocycles. The van der Waals surface area contributed by atoms with Crippen LogP contribution in [0.15, 0.2) is 12.1 Å². The Labute approximate surface area is 78.2 Å². The molecule has 0 heterocycles. The minimum Gasteiger partial charge on any atom is -0.396 e. The van der Waals surface area contributed by atoms with Crippen molar-refractivity contribution >= 4 is 0 Å². The van der Waals surface area contributed by atoms with Crippen LogP contribution in [0.25, 0.3) is 0 Å². The molecule has 1 unspecified atom stereocenters. The van der Waals surface area contributed by atoms with Gasteiger partial charge in [0, 0.05) is 12.5 Å². The first-order valence-electron chi connectivity index (χ1n) is 4.43. The number of aliphatic hydroxyl groups is 1. The average molecular weight is 182 g/mol. The zero-order valence-corrected chi connectivity index (χ0v) is 8.26. The third kappa shape index (κ3) is 2.07. The van der Waals surface area contributed by atoms with Gasteiger partial charge in [-0.1, -0.05) is 13.0 Å². The topological polar surface area (TPSA) is 20.2 Å². The van der Waals surface area contributed by atoms with Crippen LogP contribution in [0.4, 0.5) is 4.39 Å². The second kappa shape index (κ2) is 3.88. The molecular weight excluding hydrogens is 167 g/mol. The van der Waals surface area contributed by atoms with E-state index in [-0.39, 0.29) is 18.3 Å². The summed E-state index contributed by atoms with van der Waals surface area (Å²) in [6.07, 6.45) is 0. The van der Waals surface area contributed by atoms with Crippen LogP contribution in [0.3, 0.4) is 0 Å². The predicted molar refractivity (Wildman–Crippen MR) is 51.4 cm³/mol. The monoisotopic (exact) mass is 182 g/mol. The second-order valence-electron chi connectivity index (χ2n) is 3.54. The summed E-state index contributed by atoms with van der Waals surface area (Å²) in [7, 11) is 0. The molecule has 0 aliphatic rings. The van der Waals surface area contributed by atoms with Gasteiger partial charge in [0.2, 0.25) is 0 Å². The summed E-state index contributed by atoms with van der Waals surface area (Å²) in [6.45, 7) is 5.63. The fraction of sp³-hybridized carbons (Fsp3) is 0.455. The number of aliphatic hydroxyl groups excluding tert-OH is 1. The highest BCUT2D eigenvalue weighted by Crippen LogP contribution is 2.21. The first kappa shape index (κ1) is 10.2. The van der Waals surface area contributed by atoms with Crippen molar-refractivity contribution in [3.05, 3.63) is 34.6 Å². The summed E-state index contributed by atoms with van der Waals surface area (Å²) in [5, 5.41) is 8.91. The Morgan fingerprint density at radius 1 is 1.31 bits per heavy atom. The van der Waals surface area contributed by atoms with Gasteiger partial charge in [0.15, 0.2) is 0 Å². The van der Waals surface area contributed by atoms with Crippen LogP contribution >= 0.6 is 0 Å². The van der Waals surface area contributed by atoms with E-state index in [1.54, 1.807) is 0 Å². The molecule has 2 heteroatoms. The molecule has 1 aromatic rings. The van der Waals surface area contributed by atoms with E-state index in [0.29, 0.717) is 5.56 Å². The second-order valence-corrected chi connectivity index (χ2v) is 3.54. The molecule has 13 heavy (non-hydrogen) atoms. The third-order valence-electron chi connectivity index (χ3n) is 2.42. The van der Waals surface area contributed by atoms with Crippen molar-refractivity contribution in [2.45, 2.75) is 26.7 Å². The minimum absolute atomic E-state index is 0.0145. The molecule has 1 aromatic carbocycles. The Morgan fingerprint density at radius 3 is 2.38 bits per heavy atom. The summed E-state index contributed by atoms with van der Waals surface area (Å²) < 4.78 is 13.4. The lowest BCUT2D eigenvalue weighted by Crippen LogP contribution is -2.03. The summed E-state index contributed by atoms with van der Waals surface area (Å²) >= 11 is 0. The summed E-state index contributed by atoms with van der Waals surface area (Å²) in [6, 6.07) is 3.34. The molecule has 0 fully saturated rings. The molecule has 0 amide bonds. The Kier molecular flexibility index (Phi) is 3.04. The number of benzene rings is 1. The van der Waals surface area contributed by atoms with Crippen LogP contribution in [0.5, 0.6) is 0 Å². The normalized spacial score (nSPS) is 13.0. The molecule has 0 aromatic heterocycles. The van der Waals surface area contributed by atoms with E-state index in [2.05, 4.69) is 0 Å². The number of halogens is 1. The van der Waals surface area contributed by atoms with Crippen molar-refractivity contribution in [1.82, 2.24) is 0 Å². The number of hydrogen-bond donors (Lipinski definition) is 1. The van der Waals surface area contributed by atoms with E-state index in [0.717, 1.165) is 11.1 Å². The highest BCUT2D eigenvalue weighted by molar-refractivity contribution is 5.33. The van der Waals surface area contributed by atoms with E-state index < -0.39 is 0 Å². The third-order valence-corrected chi connectivity index (χ3v) is 2.42. The van der Waals surface area contributed by atoms with Crippen LogP contribution in [-0.2, 0) is 0 Å². The first-order valence-corrected chi connectivity index (χ1v) is 4.43. The first-order chi connectivity index (χ1) is 6.06. The molecule has 0 spiro atoms. The van der Waals surface area contributed by atoms with Gasteiger partial charge in [0.25, 0.3) is 0 Å². The van der Waals surface area contributed by atoms with Crippen molar-refractivity contribution in [1.29, 1.82) is 0 Å². The average Bonchev–Trinajstić information content (AvgIpc) is 2.10. The maximum absolute atomic E-state index is 13.4. The van der Waals surface area contributed by atoms with Crippen LogP contribution in [-0.4, -0.2) is 11.7 Å². The Hall–Kier alpha value is -0.890. The maximum atomic E-state index is 13.4. The van der Waals surface area contributed by atoms with Gasteiger partial charge in [-0.2, -0.15) is 0 Å². The van der Waals surface area contributed by atoms with E-state index in [4.69, 9.17) is 5.11 Å². The zero-order chi connectivity index (χ0) is 10.0. The molecule has 0 bridgehead atoms. The molecule has 1 rings (SSSR count). The molecular formula is C11H15FO. The lowest BCUT2D eigenvalue weighted by molar-refractivity contribution is 0.270. The largest absolute Gasteiger partial charge is 0.396 e. The fourth-order valence-electron chi connectivity index (χ4n) is 1.28. The highest BCUT2D eigenvalue weighted by atomic mass is 19.1. The van der Waals surface area contributed by atoms with Crippen LogP contribution in [0.1, 0.15) is 29.5 Å². The van der Waals surface area contributed by atoms with Crippen molar-refractivity contribution in [3.8, 4) is 0 Å². The van der Waals surface area contributed by atoms with Crippen LogP contribution in [0.2, 0.25) is 0 Å². The fourth-order valence-corrected chi connectivity index (χ4v) is 1.28. The van der Waals surface area contributed by atoms with Crippen LogP contribution in [0, 0.1) is 19.7 Å². The molecule has 0 radical (unpaired) electrons. The van der Waals surface area contributed by atoms with Gasteiger partial charge in [-0.15, -0.1) is 0 Å². The van der Waals surface area contributed by atoms with Gasteiger partial charge in [0.05, 0.1) is 0 Å². The maximum Gasteiger partial charge on any atom is 0.127 e. The van der Waals surface area contributed by atoms with Gasteiger partial charge in [-0.05, 0) is 36.6 Å². The van der Waals surface area contributed by atoms with Gasteiger partial charge in [-0.25, -0.2) is 4.39 Å². The Morgan fingerprint density at radius 2 is 1.85 bits per heavy atom. The molecule has 0 saturated heterocycles. The lowest BCUT2D eigenvalue weighted by Gasteiger charge is -2.11. The smallest absolute Gasteiger partial charge is 0.127 e. The molecule has 0 saturated carbocycles. The zero-order valence-electron chi connectivity index (χ0n) is 8.26. The van der Waals surface area contributed by atoms with Crippen molar-refractivity contribution in [2.24, 2.45) is 0 Å². The summed E-state index contributed by atoms with van der Waals surface area (Å²) in [4.78, 5) is 0. The molecule has 1 N–H and O–H groups in total. The minimum atomic E-state index is -0.218. The van der Waals surface area contributed by atoms with Crippen molar-refractivity contribution in [2.75, 3.05) is 6.61 Å². The molecule has 1 atom stereocenters. The summed E-state index contributed by atoms with van der Waals surface area (Å²) in [5.74, 6) is -0.344. The SMILES string of the molecule is Cc1cc(F)c(C(C)CO)cc1C. The Bertz CT molecular complexity index is 307. The van der Waals surface area contributed by atoms with Gasteiger partial charge in [0.1, 0.15) is 5.82 Å². The van der Waals surface area contributed by atoms with E-state index in [1.807, 2.05) is 26.8 Å². The van der Waals surface area contributed by atoms with E-state index >= 15 is 0 Å². The molecule has 0 aliphatic carbocycles. The Balaban J connectivity index is 3.15. The number of aryl methyl sites for hydroxylation is 2. The van der Waals surface area contributed by atoms with E-state index in [1.165, 1.54) is 6.07 Å². The highest BCUT2D eigenvalue weighted by Gasteiger charge is 2.10.